The Labute approximate surface area is 148 Å². The topological polar surface area (TPSA) is 49.8 Å². The number of likely N-dealkylation sites (tertiary alicyclic amines) is 1. The van der Waals surface area contributed by atoms with E-state index in [1.165, 1.54) is 12.8 Å². The SMILES string of the molecule is CC1=C2O[C@H]3C(=O)CC[C@@]4(O)[C@H]5CC(C=C1)C2[C@@]34CCN5CC1CC1. The number of hydrogen-bond donors (Lipinski definition) is 1. The number of nitrogens with zero attached hydrogens (tertiary/aromatic N) is 1. The molecule has 25 heavy (non-hydrogen) atoms. The van der Waals surface area contributed by atoms with Crippen LogP contribution in [0, 0.1) is 23.2 Å². The third-order valence-corrected chi connectivity index (χ3v) is 8.30. The lowest BCUT2D eigenvalue weighted by atomic mass is 9.44. The number of hydrogen-bond acceptors (Lipinski definition) is 4. The Morgan fingerprint density at radius 1 is 1.36 bits per heavy atom. The van der Waals surface area contributed by atoms with Gasteiger partial charge in [0.05, 0.1) is 11.0 Å². The van der Waals surface area contributed by atoms with Crippen LogP contribution in [0.4, 0.5) is 0 Å². The molecule has 134 valence electrons. The summed E-state index contributed by atoms with van der Waals surface area (Å²) in [5.41, 5.74) is -0.0104. The summed E-state index contributed by atoms with van der Waals surface area (Å²) >= 11 is 0. The van der Waals surface area contributed by atoms with E-state index in [-0.39, 0.29) is 17.7 Å². The highest BCUT2D eigenvalue weighted by Crippen LogP contribution is 2.69. The maximum Gasteiger partial charge on any atom is 0.174 e. The van der Waals surface area contributed by atoms with E-state index in [0.29, 0.717) is 18.8 Å². The monoisotopic (exact) mass is 341 g/mol. The second kappa shape index (κ2) is 4.58. The van der Waals surface area contributed by atoms with Gasteiger partial charge < -0.3 is 9.84 Å². The number of ether oxygens (including phenoxy) is 1. The summed E-state index contributed by atoms with van der Waals surface area (Å²) in [6, 6.07) is 0.185. The van der Waals surface area contributed by atoms with Crippen LogP contribution in [0.5, 0.6) is 0 Å². The number of rotatable bonds is 2. The molecular formula is C21H27NO3. The van der Waals surface area contributed by atoms with Crippen LogP contribution in [0.15, 0.2) is 23.5 Å². The van der Waals surface area contributed by atoms with Crippen molar-refractivity contribution in [2.75, 3.05) is 13.1 Å². The van der Waals surface area contributed by atoms with Crippen molar-refractivity contribution in [2.24, 2.45) is 23.2 Å². The molecule has 2 unspecified atom stereocenters. The fourth-order valence-electron chi connectivity index (χ4n) is 7.04. The first-order valence-corrected chi connectivity index (χ1v) is 10.1. The van der Waals surface area contributed by atoms with Gasteiger partial charge in [-0.2, -0.15) is 0 Å². The fraction of sp³-hybridized carbons (Fsp3) is 0.762. The molecule has 2 saturated heterocycles. The molecule has 2 heterocycles. The number of piperidine rings is 1. The summed E-state index contributed by atoms with van der Waals surface area (Å²) in [4.78, 5) is 15.4. The first-order chi connectivity index (χ1) is 12.0. The van der Waals surface area contributed by atoms with Gasteiger partial charge in [0.2, 0.25) is 0 Å². The zero-order valence-corrected chi connectivity index (χ0v) is 14.9. The third-order valence-electron chi connectivity index (χ3n) is 8.30. The van der Waals surface area contributed by atoms with E-state index in [4.69, 9.17) is 4.74 Å². The van der Waals surface area contributed by atoms with E-state index in [9.17, 15) is 9.90 Å². The van der Waals surface area contributed by atoms with Crippen LogP contribution in [0.3, 0.4) is 0 Å². The molecule has 4 nitrogen and oxygen atoms in total. The summed E-state index contributed by atoms with van der Waals surface area (Å²) in [6.07, 6.45) is 9.77. The molecule has 0 aromatic heterocycles. The number of carbonyl (C=O) groups is 1. The Bertz CT molecular complexity index is 723. The van der Waals surface area contributed by atoms with Gasteiger partial charge in [-0.15, -0.1) is 0 Å². The van der Waals surface area contributed by atoms with Crippen molar-refractivity contribution in [3.63, 3.8) is 0 Å². The molecule has 1 spiro atoms. The molecule has 0 amide bonds. The van der Waals surface area contributed by atoms with Crippen LogP contribution in [-0.2, 0) is 9.53 Å². The van der Waals surface area contributed by atoms with Crippen LogP contribution in [0.1, 0.15) is 45.4 Å². The number of allylic oxidation sites excluding steroid dienone is 4. The van der Waals surface area contributed by atoms with Gasteiger partial charge in [0.15, 0.2) is 11.9 Å². The normalized spacial score (nSPS) is 50.7. The molecule has 2 bridgehead atoms. The maximum atomic E-state index is 12.8. The minimum absolute atomic E-state index is 0.185. The van der Waals surface area contributed by atoms with Crippen molar-refractivity contribution < 1.29 is 14.6 Å². The Morgan fingerprint density at radius 2 is 2.20 bits per heavy atom. The summed E-state index contributed by atoms with van der Waals surface area (Å²) < 4.78 is 6.35. The smallest absolute Gasteiger partial charge is 0.174 e. The molecule has 0 aromatic rings. The largest absolute Gasteiger partial charge is 0.486 e. The van der Waals surface area contributed by atoms with E-state index < -0.39 is 17.1 Å². The average molecular weight is 341 g/mol. The van der Waals surface area contributed by atoms with Crippen LogP contribution < -0.4 is 0 Å². The van der Waals surface area contributed by atoms with Gasteiger partial charge in [0, 0.05) is 24.9 Å². The van der Waals surface area contributed by atoms with Crippen LogP contribution >= 0.6 is 0 Å². The lowest BCUT2D eigenvalue weighted by molar-refractivity contribution is -0.244. The first-order valence-electron chi connectivity index (χ1n) is 10.1. The Balaban J connectivity index is 1.51. The number of aliphatic hydroxyl groups is 1. The lowest BCUT2D eigenvalue weighted by Crippen LogP contribution is -2.76. The predicted octanol–water partition coefficient (Wildman–Crippen LogP) is 2.43. The second-order valence-corrected chi connectivity index (χ2v) is 9.42. The van der Waals surface area contributed by atoms with Gasteiger partial charge >= 0.3 is 0 Å². The minimum atomic E-state index is -0.771. The van der Waals surface area contributed by atoms with Gasteiger partial charge in [-0.25, -0.2) is 0 Å². The van der Waals surface area contributed by atoms with Crippen LogP contribution in [0.2, 0.25) is 0 Å². The van der Waals surface area contributed by atoms with Crippen molar-refractivity contribution in [3.05, 3.63) is 23.5 Å². The van der Waals surface area contributed by atoms with Gasteiger partial charge in [-0.1, -0.05) is 12.2 Å². The van der Waals surface area contributed by atoms with E-state index in [1.54, 1.807) is 0 Å². The van der Waals surface area contributed by atoms with Gasteiger partial charge in [0.25, 0.3) is 0 Å². The van der Waals surface area contributed by atoms with Crippen LogP contribution in [-0.4, -0.2) is 46.6 Å². The van der Waals surface area contributed by atoms with Crippen molar-refractivity contribution in [1.82, 2.24) is 4.90 Å². The lowest BCUT2D eigenvalue weighted by Gasteiger charge is -2.65. The molecule has 0 aromatic carbocycles. The zero-order valence-electron chi connectivity index (χ0n) is 14.9. The number of carbonyl (C=O) groups excluding carboxylic acids is 1. The highest BCUT2D eigenvalue weighted by molar-refractivity contribution is 5.87. The fourth-order valence-corrected chi connectivity index (χ4v) is 7.04. The summed E-state index contributed by atoms with van der Waals surface area (Å²) in [5.74, 6) is 2.67. The molecule has 6 atom stereocenters. The molecule has 4 aliphatic carbocycles. The molecule has 2 aliphatic heterocycles. The van der Waals surface area contributed by atoms with Crippen molar-refractivity contribution in [2.45, 2.75) is 63.2 Å². The quantitative estimate of drug-likeness (QED) is 0.838. The zero-order chi connectivity index (χ0) is 17.0. The molecule has 6 rings (SSSR count). The first kappa shape index (κ1) is 15.0. The Morgan fingerprint density at radius 3 is 3.00 bits per heavy atom. The van der Waals surface area contributed by atoms with Crippen molar-refractivity contribution in [1.29, 1.82) is 0 Å². The van der Waals surface area contributed by atoms with Gasteiger partial charge in [-0.05, 0) is 63.0 Å². The van der Waals surface area contributed by atoms with Gasteiger partial charge in [-0.3, -0.25) is 9.69 Å². The molecule has 3 saturated carbocycles. The predicted molar refractivity (Wildman–Crippen MR) is 92.6 cm³/mol. The average Bonchev–Trinajstić information content (AvgIpc) is 3.32. The maximum absolute atomic E-state index is 12.8. The standard InChI is InChI=1S/C21H27NO3/c1-12-2-5-14-10-16-21(24)7-6-15(23)19-20(21,17(14)18(12)25-19)8-9-22(16)11-13-3-4-13/h2,5,13-14,16-17,19,24H,3-4,6-11H2,1H3/t14?,16-,17?,19+,20+,21-/m1/s1. The highest BCUT2D eigenvalue weighted by Gasteiger charge is 2.76. The minimum Gasteiger partial charge on any atom is -0.486 e. The highest BCUT2D eigenvalue weighted by atomic mass is 16.5. The second-order valence-electron chi connectivity index (χ2n) is 9.42. The van der Waals surface area contributed by atoms with Crippen LogP contribution in [0.25, 0.3) is 0 Å². The van der Waals surface area contributed by atoms with E-state index in [0.717, 1.165) is 43.2 Å². The van der Waals surface area contributed by atoms with Gasteiger partial charge in [0.1, 0.15) is 5.76 Å². The van der Waals surface area contributed by atoms with Crippen molar-refractivity contribution in [3.8, 4) is 0 Å². The molecule has 1 N–H and O–H groups in total. The van der Waals surface area contributed by atoms with E-state index >= 15 is 0 Å². The molecule has 5 fully saturated rings. The summed E-state index contributed by atoms with van der Waals surface area (Å²) in [7, 11) is 0. The molecule has 4 heteroatoms. The molecule has 6 aliphatic rings. The Kier molecular flexibility index (Phi) is 2.74. The van der Waals surface area contributed by atoms with E-state index in [1.807, 2.05) is 0 Å². The van der Waals surface area contributed by atoms with Crippen molar-refractivity contribution >= 4 is 5.78 Å². The summed E-state index contributed by atoms with van der Waals surface area (Å²) in [6.45, 7) is 4.23. The third kappa shape index (κ3) is 1.64. The summed E-state index contributed by atoms with van der Waals surface area (Å²) in [5, 5.41) is 12.1. The van der Waals surface area contributed by atoms with E-state index in [2.05, 4.69) is 24.0 Å². The molecule has 0 radical (unpaired) electrons. The Hall–Kier alpha value is -1.13. The number of Topliss-reactive ketones (excluding diaryl/α,β-unsaturated/α-hetero) is 1. The number of ketones is 1. The molecular weight excluding hydrogens is 314 g/mol.